The van der Waals surface area contributed by atoms with Crippen LogP contribution in [0.2, 0.25) is 0 Å². The summed E-state index contributed by atoms with van der Waals surface area (Å²) in [6.45, 7) is 0.661. The number of benzene rings is 1. The second-order valence-corrected chi connectivity index (χ2v) is 7.85. The fourth-order valence-corrected chi connectivity index (χ4v) is 3.95. The van der Waals surface area contributed by atoms with E-state index in [1.165, 1.54) is 0 Å². The number of hydrogen-bond acceptors (Lipinski definition) is 7. The van der Waals surface area contributed by atoms with Gasteiger partial charge in [0, 0.05) is 36.7 Å². The highest BCUT2D eigenvalue weighted by atomic mass is 16.2. The van der Waals surface area contributed by atoms with Crippen molar-refractivity contribution < 1.29 is 4.79 Å². The quantitative estimate of drug-likeness (QED) is 0.540. The third-order valence-corrected chi connectivity index (χ3v) is 5.74. The Balaban J connectivity index is 1.26. The molecular formula is C23H27N7O. The zero-order valence-electron chi connectivity index (χ0n) is 17.3. The lowest BCUT2D eigenvalue weighted by molar-refractivity contribution is -0.122. The Morgan fingerprint density at radius 3 is 2.39 bits per heavy atom. The number of nitrogens with two attached hydrogens (primary N) is 1. The van der Waals surface area contributed by atoms with Crippen molar-refractivity contribution in [1.29, 1.82) is 0 Å². The molecule has 1 aliphatic carbocycles. The maximum Gasteiger partial charge on any atom is 0.241 e. The second-order valence-electron chi connectivity index (χ2n) is 7.85. The zero-order chi connectivity index (χ0) is 21.5. The first-order valence-corrected chi connectivity index (χ1v) is 10.6. The Morgan fingerprint density at radius 1 is 0.935 bits per heavy atom. The normalized spacial score (nSPS) is 19.4. The van der Waals surface area contributed by atoms with Gasteiger partial charge in [-0.05, 0) is 49.3 Å². The van der Waals surface area contributed by atoms with Gasteiger partial charge in [0.05, 0.1) is 0 Å². The molecule has 160 valence electrons. The van der Waals surface area contributed by atoms with Gasteiger partial charge < -0.3 is 11.1 Å². The van der Waals surface area contributed by atoms with Crippen molar-refractivity contribution in [3.63, 3.8) is 0 Å². The molecule has 0 spiro atoms. The van der Waals surface area contributed by atoms with E-state index in [-0.39, 0.29) is 5.91 Å². The van der Waals surface area contributed by atoms with E-state index in [0.717, 1.165) is 36.9 Å². The maximum atomic E-state index is 12.4. The number of amides is 1. The molecule has 1 aromatic carbocycles. The number of aromatic nitrogens is 4. The van der Waals surface area contributed by atoms with Gasteiger partial charge in [0.25, 0.3) is 0 Å². The van der Waals surface area contributed by atoms with E-state index in [9.17, 15) is 4.79 Å². The van der Waals surface area contributed by atoms with Crippen molar-refractivity contribution in [2.24, 2.45) is 11.7 Å². The topological polar surface area (TPSA) is 119 Å². The average molecular weight is 418 g/mol. The number of nitrogens with zero attached hydrogens (tertiary/aromatic N) is 4. The third kappa shape index (κ3) is 5.61. The summed E-state index contributed by atoms with van der Waals surface area (Å²) in [4.78, 5) is 29.6. The summed E-state index contributed by atoms with van der Waals surface area (Å²) in [5.41, 5.74) is 7.94. The fraction of sp³-hybridized carbons (Fsp3) is 0.348. The highest BCUT2D eigenvalue weighted by molar-refractivity contribution is 5.82. The number of nitrogens with one attached hydrogen (secondary N) is 2. The Hall–Kier alpha value is -3.39. The lowest BCUT2D eigenvalue weighted by Crippen LogP contribution is -2.37. The van der Waals surface area contributed by atoms with E-state index in [1.54, 1.807) is 24.7 Å². The fourth-order valence-electron chi connectivity index (χ4n) is 3.95. The molecule has 1 amide bonds. The average Bonchev–Trinajstić information content (AvgIpc) is 2.84. The lowest BCUT2D eigenvalue weighted by atomic mass is 9.80. The van der Waals surface area contributed by atoms with Crippen LogP contribution in [0.3, 0.4) is 0 Å². The van der Waals surface area contributed by atoms with E-state index >= 15 is 0 Å². The van der Waals surface area contributed by atoms with Gasteiger partial charge in [-0.1, -0.05) is 30.3 Å². The summed E-state index contributed by atoms with van der Waals surface area (Å²) in [6.07, 6.45) is 9.26. The van der Waals surface area contributed by atoms with Gasteiger partial charge in [-0.3, -0.25) is 10.1 Å². The van der Waals surface area contributed by atoms with Gasteiger partial charge in [0.2, 0.25) is 17.8 Å². The standard InChI is InChI=1S/C23H27N7O/c24-20(18-5-2-1-3-6-18)21(31)28-15-16-7-9-17(10-8-16)19-11-14-27-23(29-19)30-22-25-12-4-13-26-22/h1-6,11-14,16-17,20H,7-10,15,24H2,(H,28,31)(H,25,26,27,29,30). The molecule has 2 aromatic heterocycles. The van der Waals surface area contributed by atoms with Crippen molar-refractivity contribution in [3.8, 4) is 0 Å². The highest BCUT2D eigenvalue weighted by Crippen LogP contribution is 2.35. The van der Waals surface area contributed by atoms with Gasteiger partial charge >= 0.3 is 0 Å². The van der Waals surface area contributed by atoms with E-state index in [4.69, 9.17) is 5.73 Å². The third-order valence-electron chi connectivity index (χ3n) is 5.74. The minimum atomic E-state index is -0.627. The van der Waals surface area contributed by atoms with Crippen molar-refractivity contribution in [2.75, 3.05) is 11.9 Å². The van der Waals surface area contributed by atoms with Crippen LogP contribution >= 0.6 is 0 Å². The predicted octanol–water partition coefficient (Wildman–Crippen LogP) is 3.10. The number of rotatable bonds is 7. The van der Waals surface area contributed by atoms with Crippen LogP contribution in [0.5, 0.6) is 0 Å². The minimum absolute atomic E-state index is 0.122. The Morgan fingerprint density at radius 2 is 1.65 bits per heavy atom. The molecule has 8 nitrogen and oxygen atoms in total. The van der Waals surface area contributed by atoms with Crippen LogP contribution in [0.15, 0.2) is 61.1 Å². The molecule has 0 saturated heterocycles. The molecule has 4 rings (SSSR count). The second kappa shape index (κ2) is 10.1. The molecule has 1 unspecified atom stereocenters. The molecule has 0 bridgehead atoms. The number of hydrogen-bond donors (Lipinski definition) is 3. The molecule has 0 radical (unpaired) electrons. The van der Waals surface area contributed by atoms with Gasteiger partial charge in [0.1, 0.15) is 6.04 Å². The Labute approximate surface area is 181 Å². The van der Waals surface area contributed by atoms with Gasteiger partial charge in [-0.15, -0.1) is 0 Å². The predicted molar refractivity (Wildman–Crippen MR) is 118 cm³/mol. The van der Waals surface area contributed by atoms with Gasteiger partial charge in [0.15, 0.2) is 0 Å². The monoisotopic (exact) mass is 417 g/mol. The molecule has 0 aliphatic heterocycles. The highest BCUT2D eigenvalue weighted by Gasteiger charge is 2.25. The first-order chi connectivity index (χ1) is 15.2. The van der Waals surface area contributed by atoms with Crippen LogP contribution in [0.4, 0.5) is 11.9 Å². The van der Waals surface area contributed by atoms with Gasteiger partial charge in [-0.2, -0.15) is 0 Å². The molecular weight excluding hydrogens is 390 g/mol. The molecule has 3 aromatic rings. The van der Waals surface area contributed by atoms with E-state index in [2.05, 4.69) is 30.6 Å². The Bertz CT molecular complexity index is 975. The van der Waals surface area contributed by atoms with Gasteiger partial charge in [-0.25, -0.2) is 19.9 Å². The van der Waals surface area contributed by atoms with Crippen LogP contribution in [0, 0.1) is 5.92 Å². The first kappa shape index (κ1) is 20.9. The largest absolute Gasteiger partial charge is 0.354 e. The SMILES string of the molecule is NC(C(=O)NCC1CCC(c2ccnc(Nc3ncccn3)n2)CC1)c1ccccc1. The molecule has 8 heteroatoms. The van der Waals surface area contributed by atoms with Crippen molar-refractivity contribution >= 4 is 17.8 Å². The zero-order valence-corrected chi connectivity index (χ0v) is 17.3. The molecule has 1 fully saturated rings. The van der Waals surface area contributed by atoms with E-state index < -0.39 is 6.04 Å². The molecule has 4 N–H and O–H groups in total. The van der Waals surface area contributed by atoms with Crippen LogP contribution in [-0.2, 0) is 4.79 Å². The summed E-state index contributed by atoms with van der Waals surface area (Å²) < 4.78 is 0. The smallest absolute Gasteiger partial charge is 0.241 e. The van der Waals surface area contributed by atoms with Crippen LogP contribution in [0.1, 0.15) is 48.9 Å². The first-order valence-electron chi connectivity index (χ1n) is 10.6. The number of carbonyl (C=O) groups is 1. The van der Waals surface area contributed by atoms with Crippen LogP contribution < -0.4 is 16.4 Å². The summed E-state index contributed by atoms with van der Waals surface area (Å²) in [6, 6.07) is 12.6. The van der Waals surface area contributed by atoms with Crippen LogP contribution in [0.25, 0.3) is 0 Å². The van der Waals surface area contributed by atoms with Crippen molar-refractivity contribution in [3.05, 3.63) is 72.3 Å². The van der Waals surface area contributed by atoms with E-state index in [1.807, 2.05) is 36.4 Å². The summed E-state index contributed by atoms with van der Waals surface area (Å²) in [7, 11) is 0. The summed E-state index contributed by atoms with van der Waals surface area (Å²) >= 11 is 0. The molecule has 31 heavy (non-hydrogen) atoms. The lowest BCUT2D eigenvalue weighted by Gasteiger charge is -2.28. The number of carbonyl (C=O) groups excluding carboxylic acids is 1. The van der Waals surface area contributed by atoms with E-state index in [0.29, 0.717) is 30.3 Å². The van der Waals surface area contributed by atoms with Crippen molar-refractivity contribution in [2.45, 2.75) is 37.6 Å². The minimum Gasteiger partial charge on any atom is -0.354 e. The van der Waals surface area contributed by atoms with Crippen LogP contribution in [-0.4, -0.2) is 32.4 Å². The van der Waals surface area contributed by atoms with Crippen molar-refractivity contribution in [1.82, 2.24) is 25.3 Å². The summed E-state index contributed by atoms with van der Waals surface area (Å²) in [5.74, 6) is 1.71. The maximum absolute atomic E-state index is 12.4. The molecule has 1 saturated carbocycles. The Kier molecular flexibility index (Phi) is 6.78. The molecule has 1 aliphatic rings. The molecule has 2 heterocycles. The number of anilines is 2. The summed E-state index contributed by atoms with van der Waals surface area (Å²) in [5, 5.41) is 6.07. The molecule has 1 atom stereocenters.